The SMILES string of the molecule is N#Cc1cc(CBr)c(OC(F)F)c(C(=O)O)c1. The Kier molecular flexibility index (Phi) is 4.40. The Morgan fingerprint density at radius 3 is 2.65 bits per heavy atom. The fourth-order valence-corrected chi connectivity index (χ4v) is 1.66. The van der Waals surface area contributed by atoms with E-state index in [1.54, 1.807) is 6.07 Å². The molecule has 0 fully saturated rings. The van der Waals surface area contributed by atoms with Gasteiger partial charge in [0, 0.05) is 10.9 Å². The van der Waals surface area contributed by atoms with Gasteiger partial charge >= 0.3 is 12.6 Å². The molecule has 0 heterocycles. The number of benzene rings is 1. The maximum Gasteiger partial charge on any atom is 0.387 e. The molecule has 0 amide bonds. The summed E-state index contributed by atoms with van der Waals surface area (Å²) in [6, 6.07) is 4.03. The first-order valence-corrected chi connectivity index (χ1v) is 5.42. The lowest BCUT2D eigenvalue weighted by Crippen LogP contribution is -2.10. The molecule has 0 saturated carbocycles. The third kappa shape index (κ3) is 3.14. The van der Waals surface area contributed by atoms with E-state index in [4.69, 9.17) is 10.4 Å². The van der Waals surface area contributed by atoms with Gasteiger partial charge in [-0.05, 0) is 12.1 Å². The van der Waals surface area contributed by atoms with Gasteiger partial charge in [-0.3, -0.25) is 0 Å². The molecule has 1 N–H and O–H groups in total. The topological polar surface area (TPSA) is 70.3 Å². The number of carboxylic acid groups (broad SMARTS) is 1. The van der Waals surface area contributed by atoms with Crippen molar-refractivity contribution >= 4 is 21.9 Å². The molecule has 0 radical (unpaired) electrons. The molecular formula is C10H6BrF2NO3. The number of nitriles is 1. The number of alkyl halides is 3. The molecule has 0 unspecified atom stereocenters. The molecule has 7 heteroatoms. The Morgan fingerprint density at radius 1 is 1.59 bits per heavy atom. The first-order valence-electron chi connectivity index (χ1n) is 4.30. The fraction of sp³-hybridized carbons (Fsp3) is 0.200. The number of hydrogen-bond donors (Lipinski definition) is 1. The largest absolute Gasteiger partial charge is 0.478 e. The Hall–Kier alpha value is -1.68. The van der Waals surface area contributed by atoms with Crippen LogP contribution in [0.3, 0.4) is 0 Å². The molecule has 0 bridgehead atoms. The molecule has 0 spiro atoms. The van der Waals surface area contributed by atoms with E-state index in [-0.39, 0.29) is 16.5 Å². The van der Waals surface area contributed by atoms with Crippen molar-refractivity contribution in [3.05, 3.63) is 28.8 Å². The van der Waals surface area contributed by atoms with Crippen molar-refractivity contribution in [3.63, 3.8) is 0 Å². The minimum atomic E-state index is -3.13. The van der Waals surface area contributed by atoms with Crippen LogP contribution in [0.5, 0.6) is 5.75 Å². The predicted molar refractivity (Wildman–Crippen MR) is 57.4 cm³/mol. The number of aromatic carboxylic acids is 1. The summed E-state index contributed by atoms with van der Waals surface area (Å²) in [6.07, 6.45) is 0. The smallest absolute Gasteiger partial charge is 0.387 e. The van der Waals surface area contributed by atoms with Gasteiger partial charge in [-0.2, -0.15) is 14.0 Å². The van der Waals surface area contributed by atoms with E-state index < -0.39 is 23.9 Å². The highest BCUT2D eigenvalue weighted by Gasteiger charge is 2.20. The molecule has 0 aliphatic heterocycles. The summed E-state index contributed by atoms with van der Waals surface area (Å²) in [5.41, 5.74) is -0.209. The van der Waals surface area contributed by atoms with Crippen LogP contribution in [0.1, 0.15) is 21.5 Å². The normalized spacial score (nSPS) is 10.1. The van der Waals surface area contributed by atoms with E-state index in [1.807, 2.05) is 0 Å². The van der Waals surface area contributed by atoms with Crippen molar-refractivity contribution in [2.45, 2.75) is 11.9 Å². The second-order valence-electron chi connectivity index (χ2n) is 2.94. The lowest BCUT2D eigenvalue weighted by molar-refractivity contribution is -0.0508. The standard InChI is InChI=1S/C10H6BrF2NO3/c11-3-6-1-5(4-14)2-7(9(15)16)8(6)17-10(12)13/h1-2,10H,3H2,(H,15,16). The van der Waals surface area contributed by atoms with E-state index in [0.29, 0.717) is 0 Å². The molecule has 1 rings (SSSR count). The molecule has 4 nitrogen and oxygen atoms in total. The maximum atomic E-state index is 12.2. The van der Waals surface area contributed by atoms with Crippen LogP contribution >= 0.6 is 15.9 Å². The summed E-state index contributed by atoms with van der Waals surface area (Å²) in [7, 11) is 0. The van der Waals surface area contributed by atoms with Crippen molar-refractivity contribution in [2.24, 2.45) is 0 Å². The summed E-state index contributed by atoms with van der Waals surface area (Å²) in [5.74, 6) is -1.86. The van der Waals surface area contributed by atoms with E-state index in [2.05, 4.69) is 20.7 Å². The molecule has 0 atom stereocenters. The summed E-state index contributed by atoms with van der Waals surface area (Å²) in [4.78, 5) is 10.9. The highest BCUT2D eigenvalue weighted by atomic mass is 79.9. The average Bonchev–Trinajstić information content (AvgIpc) is 2.28. The van der Waals surface area contributed by atoms with E-state index in [9.17, 15) is 13.6 Å². The third-order valence-electron chi connectivity index (χ3n) is 1.88. The maximum absolute atomic E-state index is 12.2. The highest BCUT2D eigenvalue weighted by molar-refractivity contribution is 9.08. The highest BCUT2D eigenvalue weighted by Crippen LogP contribution is 2.29. The van der Waals surface area contributed by atoms with Crippen LogP contribution in [0.4, 0.5) is 8.78 Å². The third-order valence-corrected chi connectivity index (χ3v) is 2.48. The van der Waals surface area contributed by atoms with Gasteiger partial charge in [-0.25, -0.2) is 4.79 Å². The molecule has 90 valence electrons. The number of carbonyl (C=O) groups is 1. The predicted octanol–water partition coefficient (Wildman–Crippen LogP) is 2.75. The van der Waals surface area contributed by atoms with Crippen LogP contribution < -0.4 is 4.74 Å². The lowest BCUT2D eigenvalue weighted by Gasteiger charge is -2.12. The number of halogens is 3. The zero-order valence-electron chi connectivity index (χ0n) is 8.28. The Bertz CT molecular complexity index is 485. The summed E-state index contributed by atoms with van der Waals surface area (Å²) < 4.78 is 28.5. The van der Waals surface area contributed by atoms with Crippen LogP contribution in [0.2, 0.25) is 0 Å². The van der Waals surface area contributed by atoms with Crippen LogP contribution in [-0.2, 0) is 5.33 Å². The monoisotopic (exact) mass is 305 g/mol. The second-order valence-corrected chi connectivity index (χ2v) is 3.50. The first kappa shape index (κ1) is 13.4. The van der Waals surface area contributed by atoms with Gasteiger partial charge < -0.3 is 9.84 Å². The van der Waals surface area contributed by atoms with Crippen molar-refractivity contribution in [3.8, 4) is 11.8 Å². The van der Waals surface area contributed by atoms with Crippen molar-refractivity contribution in [1.82, 2.24) is 0 Å². The van der Waals surface area contributed by atoms with Gasteiger partial charge in [0.15, 0.2) is 0 Å². The Morgan fingerprint density at radius 2 is 2.24 bits per heavy atom. The van der Waals surface area contributed by atoms with Gasteiger partial charge in [0.1, 0.15) is 11.3 Å². The Balaban J connectivity index is 3.42. The van der Waals surface area contributed by atoms with Gasteiger partial charge in [-0.15, -0.1) is 0 Å². The van der Waals surface area contributed by atoms with Crippen molar-refractivity contribution < 1.29 is 23.4 Å². The van der Waals surface area contributed by atoms with Crippen LogP contribution in [0.15, 0.2) is 12.1 Å². The summed E-state index contributed by atoms with van der Waals surface area (Å²) in [5, 5.41) is 17.7. The van der Waals surface area contributed by atoms with E-state index in [1.165, 1.54) is 6.07 Å². The first-order chi connectivity index (χ1) is 7.99. The van der Waals surface area contributed by atoms with Gasteiger partial charge in [-0.1, -0.05) is 15.9 Å². The molecule has 0 saturated heterocycles. The molecule has 1 aromatic carbocycles. The van der Waals surface area contributed by atoms with Gasteiger partial charge in [0.2, 0.25) is 0 Å². The Labute approximate surface area is 104 Å². The number of ether oxygens (including phenoxy) is 1. The molecule has 17 heavy (non-hydrogen) atoms. The van der Waals surface area contributed by atoms with E-state index >= 15 is 0 Å². The number of hydrogen-bond acceptors (Lipinski definition) is 3. The summed E-state index contributed by atoms with van der Waals surface area (Å²) in [6.45, 7) is -3.13. The quantitative estimate of drug-likeness (QED) is 0.868. The van der Waals surface area contributed by atoms with Crippen LogP contribution in [0.25, 0.3) is 0 Å². The minimum Gasteiger partial charge on any atom is -0.478 e. The van der Waals surface area contributed by atoms with E-state index in [0.717, 1.165) is 6.07 Å². The summed E-state index contributed by atoms with van der Waals surface area (Å²) >= 11 is 3.02. The molecule has 0 aliphatic carbocycles. The van der Waals surface area contributed by atoms with Gasteiger partial charge in [0.25, 0.3) is 0 Å². The van der Waals surface area contributed by atoms with Crippen molar-refractivity contribution in [2.75, 3.05) is 0 Å². The van der Waals surface area contributed by atoms with Crippen molar-refractivity contribution in [1.29, 1.82) is 5.26 Å². The van der Waals surface area contributed by atoms with Crippen LogP contribution in [-0.4, -0.2) is 17.7 Å². The molecule has 1 aromatic rings. The minimum absolute atomic E-state index is 0.0680. The number of nitrogens with zero attached hydrogens (tertiary/aromatic N) is 1. The van der Waals surface area contributed by atoms with Gasteiger partial charge in [0.05, 0.1) is 11.6 Å². The molecular weight excluding hydrogens is 300 g/mol. The number of carboxylic acids is 1. The average molecular weight is 306 g/mol. The van der Waals surface area contributed by atoms with Crippen LogP contribution in [0, 0.1) is 11.3 Å². The molecule has 0 aromatic heterocycles. The molecule has 0 aliphatic rings. The fourth-order valence-electron chi connectivity index (χ4n) is 1.24. The zero-order valence-corrected chi connectivity index (χ0v) is 9.87. The second kappa shape index (κ2) is 5.59. The lowest BCUT2D eigenvalue weighted by atomic mass is 10.1. The number of rotatable bonds is 4. The zero-order chi connectivity index (χ0) is 13.0.